The topological polar surface area (TPSA) is 90.5 Å². The van der Waals surface area contributed by atoms with Gasteiger partial charge in [0.1, 0.15) is 13.1 Å². The van der Waals surface area contributed by atoms with Gasteiger partial charge in [-0.3, -0.25) is 19.4 Å². The SMILES string of the molecule is CCCC(OC(CCC)C(C)(C)C(C)N1C(=O)CN(CC)C1=O)C(C)(C)C(C)N1C(=O)CN(CC)C1=O. The lowest BCUT2D eigenvalue weighted by atomic mass is 9.74. The maximum Gasteiger partial charge on any atom is 0.327 e. The molecule has 0 N–H and O–H groups in total. The zero-order chi connectivity index (χ0) is 28.3. The molecule has 2 heterocycles. The maximum atomic E-state index is 13.0. The van der Waals surface area contributed by atoms with Gasteiger partial charge in [0, 0.05) is 36.0 Å². The summed E-state index contributed by atoms with van der Waals surface area (Å²) in [5.74, 6) is -0.346. The molecule has 4 atom stereocenters. The third-order valence-electron chi connectivity index (χ3n) is 8.92. The smallest absolute Gasteiger partial charge is 0.327 e. The van der Waals surface area contributed by atoms with Crippen LogP contribution in [-0.2, 0) is 14.3 Å². The number of ether oxygens (including phenoxy) is 1. The van der Waals surface area contributed by atoms with Crippen LogP contribution >= 0.6 is 0 Å². The van der Waals surface area contributed by atoms with E-state index >= 15 is 0 Å². The Balaban J connectivity index is 2.35. The highest BCUT2D eigenvalue weighted by atomic mass is 16.5. The summed E-state index contributed by atoms with van der Waals surface area (Å²) >= 11 is 0. The van der Waals surface area contributed by atoms with Crippen molar-refractivity contribution in [1.29, 1.82) is 0 Å². The number of carbonyl (C=O) groups is 4. The molecule has 2 aliphatic heterocycles. The maximum absolute atomic E-state index is 13.0. The molecule has 0 spiro atoms. The van der Waals surface area contributed by atoms with Gasteiger partial charge in [-0.05, 0) is 40.5 Å². The van der Waals surface area contributed by atoms with E-state index in [1.807, 2.05) is 27.7 Å². The summed E-state index contributed by atoms with van der Waals surface area (Å²) < 4.78 is 6.94. The first-order valence-corrected chi connectivity index (χ1v) is 14.1. The van der Waals surface area contributed by atoms with Crippen molar-refractivity contribution >= 4 is 23.9 Å². The van der Waals surface area contributed by atoms with Crippen molar-refractivity contribution in [2.75, 3.05) is 26.2 Å². The normalized spacial score (nSPS) is 20.8. The summed E-state index contributed by atoms with van der Waals surface area (Å²) in [6, 6.07) is -1.20. The number of likely N-dealkylation sites (N-methyl/N-ethyl adjacent to an activating group) is 2. The van der Waals surface area contributed by atoms with Gasteiger partial charge in [-0.25, -0.2) is 9.59 Å². The Morgan fingerprint density at radius 3 is 1.24 bits per heavy atom. The molecule has 6 amide bonds. The van der Waals surface area contributed by atoms with Crippen LogP contribution in [-0.4, -0.2) is 93.9 Å². The Morgan fingerprint density at radius 2 is 1.00 bits per heavy atom. The Bertz CT molecular complexity index is 790. The van der Waals surface area contributed by atoms with Crippen molar-refractivity contribution in [3.8, 4) is 0 Å². The van der Waals surface area contributed by atoms with Crippen molar-refractivity contribution in [2.45, 2.75) is 119 Å². The summed E-state index contributed by atoms with van der Waals surface area (Å²) in [6.07, 6.45) is 2.83. The van der Waals surface area contributed by atoms with E-state index < -0.39 is 10.8 Å². The molecule has 0 aromatic heterocycles. The summed E-state index contributed by atoms with van der Waals surface area (Å²) in [5, 5.41) is 0. The van der Waals surface area contributed by atoms with E-state index in [0.717, 1.165) is 25.7 Å². The van der Waals surface area contributed by atoms with Crippen molar-refractivity contribution in [2.24, 2.45) is 10.8 Å². The summed E-state index contributed by atoms with van der Waals surface area (Å²) in [5.41, 5.74) is -1.04. The van der Waals surface area contributed by atoms with E-state index in [0.29, 0.717) is 13.1 Å². The largest absolute Gasteiger partial charge is 0.374 e. The molecule has 2 saturated heterocycles. The summed E-state index contributed by atoms with van der Waals surface area (Å²) in [6.45, 7) is 21.3. The van der Waals surface area contributed by atoms with Crippen LogP contribution in [0.4, 0.5) is 9.59 Å². The van der Waals surface area contributed by atoms with Crippen LogP contribution in [0.25, 0.3) is 0 Å². The lowest BCUT2D eigenvalue weighted by molar-refractivity contribution is -0.153. The average molecular weight is 523 g/mol. The molecule has 4 unspecified atom stereocenters. The highest BCUT2D eigenvalue weighted by molar-refractivity contribution is 6.03. The first kappa shape index (κ1) is 31.1. The van der Waals surface area contributed by atoms with E-state index in [9.17, 15) is 19.2 Å². The molecule has 2 fully saturated rings. The molecule has 9 heteroatoms. The van der Waals surface area contributed by atoms with Gasteiger partial charge in [0.2, 0.25) is 0 Å². The lowest BCUT2D eigenvalue weighted by Gasteiger charge is -2.48. The van der Waals surface area contributed by atoms with Crippen molar-refractivity contribution in [3.05, 3.63) is 0 Å². The Hall–Kier alpha value is -2.16. The highest BCUT2D eigenvalue weighted by Crippen LogP contribution is 2.41. The molecule has 0 radical (unpaired) electrons. The van der Waals surface area contributed by atoms with Crippen molar-refractivity contribution in [3.63, 3.8) is 0 Å². The van der Waals surface area contributed by atoms with Crippen LogP contribution in [0, 0.1) is 10.8 Å². The Labute approximate surface area is 223 Å². The Morgan fingerprint density at radius 1 is 0.676 bits per heavy atom. The molecule has 0 aromatic rings. The number of hydrogen-bond donors (Lipinski definition) is 0. The van der Waals surface area contributed by atoms with Crippen LogP contribution in [0.1, 0.15) is 94.9 Å². The average Bonchev–Trinajstić information content (AvgIpc) is 3.29. The molecule has 0 aromatic carbocycles. The number of nitrogens with zero attached hydrogens (tertiary/aromatic N) is 4. The number of carbonyl (C=O) groups excluding carboxylic acids is 4. The Kier molecular flexibility index (Phi) is 10.2. The zero-order valence-corrected chi connectivity index (χ0v) is 24.8. The van der Waals surface area contributed by atoms with E-state index in [1.54, 1.807) is 9.80 Å². The predicted molar refractivity (Wildman–Crippen MR) is 144 cm³/mol. The summed E-state index contributed by atoms with van der Waals surface area (Å²) in [4.78, 5) is 57.5. The highest BCUT2D eigenvalue weighted by Gasteiger charge is 2.50. The van der Waals surface area contributed by atoms with E-state index in [2.05, 4.69) is 41.5 Å². The van der Waals surface area contributed by atoms with Gasteiger partial charge >= 0.3 is 12.1 Å². The van der Waals surface area contributed by atoms with Gasteiger partial charge < -0.3 is 14.5 Å². The zero-order valence-electron chi connectivity index (χ0n) is 24.8. The number of rotatable bonds is 14. The second kappa shape index (κ2) is 12.1. The molecule has 0 aliphatic carbocycles. The minimum absolute atomic E-state index is 0.116. The first-order chi connectivity index (χ1) is 17.2. The van der Waals surface area contributed by atoms with Crippen LogP contribution in [0.15, 0.2) is 0 Å². The van der Waals surface area contributed by atoms with E-state index in [1.165, 1.54) is 9.80 Å². The standard InChI is InChI=1S/C28H50N4O5/c1-11-15-21(27(7,8)19(5)31-23(33)17-29(13-3)25(31)35)37-22(16-12-2)28(9,10)20(6)32-24(34)18-30(14-4)26(32)36/h19-22H,11-18H2,1-10H3. The van der Waals surface area contributed by atoms with Gasteiger partial charge in [0.15, 0.2) is 0 Å². The number of imide groups is 2. The third kappa shape index (κ3) is 5.96. The molecule has 0 bridgehead atoms. The van der Waals surface area contributed by atoms with Crippen LogP contribution < -0.4 is 0 Å². The number of hydrogen-bond acceptors (Lipinski definition) is 5. The molecule has 2 rings (SSSR count). The number of amides is 6. The fourth-order valence-corrected chi connectivity index (χ4v) is 5.55. The summed E-state index contributed by atoms with van der Waals surface area (Å²) in [7, 11) is 0. The quantitative estimate of drug-likeness (QED) is 0.308. The fraction of sp³-hybridized carbons (Fsp3) is 0.857. The van der Waals surface area contributed by atoms with Gasteiger partial charge in [0.25, 0.3) is 11.8 Å². The van der Waals surface area contributed by atoms with E-state index in [4.69, 9.17) is 4.74 Å². The van der Waals surface area contributed by atoms with Gasteiger partial charge in [-0.1, -0.05) is 54.4 Å². The molecule has 0 saturated carbocycles. The second-order valence-corrected chi connectivity index (χ2v) is 11.8. The molecular formula is C28H50N4O5. The minimum atomic E-state index is -0.519. The number of urea groups is 2. The van der Waals surface area contributed by atoms with Crippen LogP contribution in [0.5, 0.6) is 0 Å². The second-order valence-electron chi connectivity index (χ2n) is 11.8. The van der Waals surface area contributed by atoms with Gasteiger partial charge in [-0.2, -0.15) is 0 Å². The molecular weight excluding hydrogens is 472 g/mol. The minimum Gasteiger partial charge on any atom is -0.374 e. The third-order valence-corrected chi connectivity index (χ3v) is 8.92. The van der Waals surface area contributed by atoms with Crippen molar-refractivity contribution < 1.29 is 23.9 Å². The molecule has 212 valence electrons. The first-order valence-electron chi connectivity index (χ1n) is 14.1. The fourth-order valence-electron chi connectivity index (χ4n) is 5.55. The van der Waals surface area contributed by atoms with Gasteiger partial charge in [0.05, 0.1) is 12.2 Å². The predicted octanol–water partition coefficient (Wildman–Crippen LogP) is 4.74. The monoisotopic (exact) mass is 522 g/mol. The van der Waals surface area contributed by atoms with Gasteiger partial charge in [-0.15, -0.1) is 0 Å². The molecule has 2 aliphatic rings. The van der Waals surface area contributed by atoms with Crippen LogP contribution in [0.2, 0.25) is 0 Å². The molecule has 37 heavy (non-hydrogen) atoms. The van der Waals surface area contributed by atoms with E-state index in [-0.39, 0.29) is 61.3 Å². The van der Waals surface area contributed by atoms with Crippen LogP contribution in [0.3, 0.4) is 0 Å². The van der Waals surface area contributed by atoms with Crippen molar-refractivity contribution in [1.82, 2.24) is 19.6 Å². The lowest BCUT2D eigenvalue weighted by Crippen LogP contribution is -2.56. The molecule has 9 nitrogen and oxygen atoms in total.